The topological polar surface area (TPSA) is 27.6 Å². The van der Waals surface area contributed by atoms with Crippen molar-refractivity contribution in [2.24, 2.45) is 10.4 Å². The second kappa shape index (κ2) is 3.44. The van der Waals surface area contributed by atoms with Crippen molar-refractivity contribution in [3.8, 4) is 0 Å². The van der Waals surface area contributed by atoms with Crippen molar-refractivity contribution in [3.63, 3.8) is 0 Å². The quantitative estimate of drug-likeness (QED) is 0.640. The molecule has 3 heteroatoms. The van der Waals surface area contributed by atoms with E-state index < -0.39 is 0 Å². The van der Waals surface area contributed by atoms with Crippen LogP contribution in [0, 0.1) is 5.41 Å². The first-order chi connectivity index (χ1) is 6.22. The van der Waals surface area contributed by atoms with Gasteiger partial charge in [0.25, 0.3) is 0 Å². The van der Waals surface area contributed by atoms with Crippen molar-refractivity contribution in [2.45, 2.75) is 40.2 Å². The van der Waals surface area contributed by atoms with Crippen LogP contribution in [0.15, 0.2) is 4.99 Å². The first-order valence-electron chi connectivity index (χ1n) is 5.24. The van der Waals surface area contributed by atoms with Gasteiger partial charge in [-0.25, -0.2) is 0 Å². The largest absolute Gasteiger partial charge is 0.356 e. The molecule has 3 nitrogen and oxygen atoms in total. The van der Waals surface area contributed by atoms with Crippen LogP contribution in [-0.2, 0) is 0 Å². The van der Waals surface area contributed by atoms with Gasteiger partial charge in [-0.05, 0) is 20.8 Å². The average Bonchev–Trinajstić information content (AvgIpc) is 2.01. The fourth-order valence-corrected chi connectivity index (χ4v) is 1.26. The van der Waals surface area contributed by atoms with Gasteiger partial charge < -0.3 is 10.2 Å². The molecule has 0 amide bonds. The second-order valence-corrected chi connectivity index (χ2v) is 5.89. The van der Waals surface area contributed by atoms with E-state index in [1.807, 2.05) is 0 Å². The number of guanidine groups is 1. The smallest absolute Gasteiger partial charge is 0.194 e. The van der Waals surface area contributed by atoms with E-state index in [-0.39, 0.29) is 5.54 Å². The summed E-state index contributed by atoms with van der Waals surface area (Å²) in [7, 11) is 2.09. The van der Waals surface area contributed by atoms with Crippen LogP contribution >= 0.6 is 0 Å². The zero-order chi connectivity index (χ0) is 11.0. The van der Waals surface area contributed by atoms with E-state index in [4.69, 9.17) is 0 Å². The van der Waals surface area contributed by atoms with Crippen LogP contribution in [0.3, 0.4) is 0 Å². The Morgan fingerprint density at radius 3 is 2.29 bits per heavy atom. The summed E-state index contributed by atoms with van der Waals surface area (Å²) >= 11 is 0. The predicted molar refractivity (Wildman–Crippen MR) is 61.6 cm³/mol. The zero-order valence-electron chi connectivity index (χ0n) is 10.3. The van der Waals surface area contributed by atoms with E-state index in [1.54, 1.807) is 0 Å². The standard InChI is InChI=1S/C11H23N3/c1-10(2,3)14(6)9-12-7-11(4,5)8-13-9/h7-8H2,1-6H3,(H,12,13). The summed E-state index contributed by atoms with van der Waals surface area (Å²) in [6.07, 6.45) is 0. The lowest BCUT2D eigenvalue weighted by molar-refractivity contribution is 0.255. The Hall–Kier alpha value is -0.730. The van der Waals surface area contributed by atoms with E-state index in [0.29, 0.717) is 5.41 Å². The third-order valence-electron chi connectivity index (χ3n) is 2.71. The molecule has 0 spiro atoms. The summed E-state index contributed by atoms with van der Waals surface area (Å²) in [5.41, 5.74) is 0.426. The summed E-state index contributed by atoms with van der Waals surface area (Å²) in [5, 5.41) is 3.39. The number of rotatable bonds is 0. The van der Waals surface area contributed by atoms with Crippen LogP contribution in [0.5, 0.6) is 0 Å². The number of aliphatic imine (C=N–C) groups is 1. The molecule has 0 aromatic rings. The molecular weight excluding hydrogens is 174 g/mol. The van der Waals surface area contributed by atoms with E-state index in [1.165, 1.54) is 0 Å². The molecule has 0 fully saturated rings. The third kappa shape index (κ3) is 2.63. The van der Waals surface area contributed by atoms with Crippen LogP contribution in [0.2, 0.25) is 0 Å². The van der Waals surface area contributed by atoms with E-state index in [9.17, 15) is 0 Å². The van der Waals surface area contributed by atoms with Crippen molar-refractivity contribution >= 4 is 5.96 Å². The molecule has 0 aromatic carbocycles. The number of nitrogens with one attached hydrogen (secondary N) is 1. The van der Waals surface area contributed by atoms with Crippen LogP contribution in [-0.4, -0.2) is 36.5 Å². The highest BCUT2D eigenvalue weighted by Crippen LogP contribution is 2.19. The monoisotopic (exact) mass is 197 g/mol. The van der Waals surface area contributed by atoms with Crippen molar-refractivity contribution in [1.29, 1.82) is 0 Å². The lowest BCUT2D eigenvalue weighted by Gasteiger charge is -2.39. The molecule has 1 rings (SSSR count). The van der Waals surface area contributed by atoms with E-state index in [0.717, 1.165) is 19.0 Å². The Bertz CT molecular complexity index is 235. The van der Waals surface area contributed by atoms with Gasteiger partial charge in [0.15, 0.2) is 5.96 Å². The summed E-state index contributed by atoms with van der Waals surface area (Å²) < 4.78 is 0. The summed E-state index contributed by atoms with van der Waals surface area (Å²) in [5.74, 6) is 1.02. The average molecular weight is 197 g/mol. The Morgan fingerprint density at radius 2 is 1.93 bits per heavy atom. The van der Waals surface area contributed by atoms with Gasteiger partial charge in [-0.1, -0.05) is 13.8 Å². The normalized spacial score (nSPS) is 21.1. The van der Waals surface area contributed by atoms with Gasteiger partial charge in [0.05, 0.1) is 0 Å². The fourth-order valence-electron chi connectivity index (χ4n) is 1.26. The third-order valence-corrected chi connectivity index (χ3v) is 2.71. The van der Waals surface area contributed by atoms with Crippen molar-refractivity contribution in [1.82, 2.24) is 10.2 Å². The lowest BCUT2D eigenvalue weighted by atomic mass is 9.93. The van der Waals surface area contributed by atoms with E-state index in [2.05, 4.69) is 56.9 Å². The molecule has 1 N–H and O–H groups in total. The molecule has 82 valence electrons. The summed E-state index contributed by atoms with van der Waals surface area (Å²) in [6, 6.07) is 0. The van der Waals surface area contributed by atoms with Crippen molar-refractivity contribution in [3.05, 3.63) is 0 Å². The minimum absolute atomic E-state index is 0.132. The molecular formula is C11H23N3. The molecule has 0 aromatic heterocycles. The van der Waals surface area contributed by atoms with Gasteiger partial charge in [-0.2, -0.15) is 0 Å². The van der Waals surface area contributed by atoms with Gasteiger partial charge in [-0.3, -0.25) is 4.99 Å². The highest BCUT2D eigenvalue weighted by atomic mass is 15.3. The van der Waals surface area contributed by atoms with Gasteiger partial charge in [-0.15, -0.1) is 0 Å². The summed E-state index contributed by atoms with van der Waals surface area (Å²) in [6.45, 7) is 13.0. The predicted octanol–water partition coefficient (Wildman–Crippen LogP) is 1.70. The molecule has 0 saturated heterocycles. The van der Waals surface area contributed by atoms with Crippen molar-refractivity contribution < 1.29 is 0 Å². The number of nitrogens with zero attached hydrogens (tertiary/aromatic N) is 2. The van der Waals surface area contributed by atoms with Crippen LogP contribution < -0.4 is 5.32 Å². The molecule has 0 bridgehead atoms. The Kier molecular flexibility index (Phi) is 2.79. The molecule has 14 heavy (non-hydrogen) atoms. The van der Waals surface area contributed by atoms with Crippen LogP contribution in [0.25, 0.3) is 0 Å². The first-order valence-corrected chi connectivity index (χ1v) is 5.24. The van der Waals surface area contributed by atoms with Crippen molar-refractivity contribution in [2.75, 3.05) is 20.1 Å². The lowest BCUT2D eigenvalue weighted by Crippen LogP contribution is -2.53. The maximum Gasteiger partial charge on any atom is 0.194 e. The number of hydrogen-bond donors (Lipinski definition) is 1. The van der Waals surface area contributed by atoms with Crippen LogP contribution in [0.1, 0.15) is 34.6 Å². The minimum Gasteiger partial charge on any atom is -0.356 e. The second-order valence-electron chi connectivity index (χ2n) is 5.89. The zero-order valence-corrected chi connectivity index (χ0v) is 10.3. The SMILES string of the molecule is CN(C1=NCC(C)(C)CN1)C(C)(C)C. The van der Waals surface area contributed by atoms with Gasteiger partial charge >= 0.3 is 0 Å². The maximum atomic E-state index is 4.58. The molecule has 0 saturated carbocycles. The molecule has 0 radical (unpaired) electrons. The first kappa shape index (κ1) is 11.3. The van der Waals surface area contributed by atoms with Gasteiger partial charge in [0.1, 0.15) is 0 Å². The number of hydrogen-bond acceptors (Lipinski definition) is 3. The van der Waals surface area contributed by atoms with Crippen LogP contribution in [0.4, 0.5) is 0 Å². The summed E-state index contributed by atoms with van der Waals surface area (Å²) in [4.78, 5) is 6.78. The highest BCUT2D eigenvalue weighted by Gasteiger charge is 2.27. The Labute approximate surface area is 87.6 Å². The molecule has 0 unspecified atom stereocenters. The molecule has 1 heterocycles. The molecule has 0 aliphatic carbocycles. The molecule has 1 aliphatic heterocycles. The highest BCUT2D eigenvalue weighted by molar-refractivity contribution is 5.81. The minimum atomic E-state index is 0.132. The van der Waals surface area contributed by atoms with Gasteiger partial charge in [0, 0.05) is 31.1 Å². The van der Waals surface area contributed by atoms with Gasteiger partial charge in [0.2, 0.25) is 0 Å². The maximum absolute atomic E-state index is 4.58. The Balaban J connectivity index is 2.69. The Morgan fingerprint density at radius 1 is 1.36 bits per heavy atom. The fraction of sp³-hybridized carbons (Fsp3) is 0.909. The molecule has 0 atom stereocenters. The molecule has 1 aliphatic rings. The van der Waals surface area contributed by atoms with E-state index >= 15 is 0 Å².